The van der Waals surface area contributed by atoms with Crippen LogP contribution < -0.4 is 15.8 Å². The highest BCUT2D eigenvalue weighted by Crippen LogP contribution is 2.23. The third-order valence-corrected chi connectivity index (χ3v) is 3.51. The Kier molecular flexibility index (Phi) is 8.87. The van der Waals surface area contributed by atoms with Crippen molar-refractivity contribution < 1.29 is 4.74 Å². The summed E-state index contributed by atoms with van der Waals surface area (Å²) in [7, 11) is 4.12. The van der Waals surface area contributed by atoms with E-state index >= 15 is 0 Å². The van der Waals surface area contributed by atoms with E-state index in [1.165, 1.54) is 0 Å². The first-order valence-electron chi connectivity index (χ1n) is 8.39. The van der Waals surface area contributed by atoms with Crippen LogP contribution in [0.5, 0.6) is 11.5 Å². The van der Waals surface area contributed by atoms with E-state index in [2.05, 4.69) is 43.2 Å². The number of hydrogen-bond donors (Lipinski definition) is 2. The topological polar surface area (TPSA) is 62.9 Å². The number of rotatable bonds is 7. The van der Waals surface area contributed by atoms with Crippen LogP contribution in [0.15, 0.2) is 59.6 Å². The van der Waals surface area contributed by atoms with Gasteiger partial charge in [-0.2, -0.15) is 0 Å². The highest BCUT2D eigenvalue weighted by Gasteiger charge is 2.18. The molecule has 0 fully saturated rings. The van der Waals surface area contributed by atoms with Crippen molar-refractivity contribution in [2.45, 2.75) is 13.8 Å². The monoisotopic (exact) mass is 468 g/mol. The normalized spacial score (nSPS) is 11.8. The van der Waals surface area contributed by atoms with Crippen molar-refractivity contribution in [2.75, 3.05) is 32.5 Å². The first kappa shape index (κ1) is 22.2. The summed E-state index contributed by atoms with van der Waals surface area (Å²) in [4.78, 5) is 6.63. The van der Waals surface area contributed by atoms with Gasteiger partial charge in [-0.25, -0.2) is 0 Å². The molecule has 0 bridgehead atoms. The Morgan fingerprint density at radius 1 is 1.08 bits per heavy atom. The van der Waals surface area contributed by atoms with Gasteiger partial charge in [-0.3, -0.25) is 4.99 Å². The van der Waals surface area contributed by atoms with Gasteiger partial charge in [0.2, 0.25) is 0 Å². The lowest BCUT2D eigenvalue weighted by molar-refractivity contribution is 0.249. The average Bonchev–Trinajstić information content (AvgIpc) is 2.53. The molecule has 2 aromatic rings. The van der Waals surface area contributed by atoms with Crippen LogP contribution in [-0.4, -0.2) is 38.0 Å². The number of nitrogens with zero attached hydrogens (tertiary/aromatic N) is 2. The van der Waals surface area contributed by atoms with Crippen LogP contribution in [0.3, 0.4) is 0 Å². The predicted molar refractivity (Wildman–Crippen MR) is 121 cm³/mol. The third kappa shape index (κ3) is 8.05. The summed E-state index contributed by atoms with van der Waals surface area (Å²) in [5.41, 5.74) is 6.94. The third-order valence-electron chi connectivity index (χ3n) is 3.51. The SMILES string of the molecule is CN(C)CC(C)(C)CN=C(N)Nc1cccc(Oc2ccccc2)c1.I. The Hall–Kier alpha value is -1.80. The van der Waals surface area contributed by atoms with E-state index in [4.69, 9.17) is 10.5 Å². The van der Waals surface area contributed by atoms with Gasteiger partial charge in [0.25, 0.3) is 0 Å². The molecule has 142 valence electrons. The highest BCUT2D eigenvalue weighted by atomic mass is 127. The molecule has 2 rings (SSSR count). The van der Waals surface area contributed by atoms with Crippen molar-refractivity contribution in [3.8, 4) is 11.5 Å². The molecule has 0 aliphatic heterocycles. The first-order valence-corrected chi connectivity index (χ1v) is 8.39. The summed E-state index contributed by atoms with van der Waals surface area (Å²) < 4.78 is 5.83. The molecule has 0 aromatic heterocycles. The number of guanidine groups is 1. The van der Waals surface area contributed by atoms with Gasteiger partial charge in [0, 0.05) is 24.8 Å². The molecule has 0 aliphatic carbocycles. The molecular weight excluding hydrogens is 439 g/mol. The van der Waals surface area contributed by atoms with Crippen LogP contribution in [0, 0.1) is 5.41 Å². The molecule has 3 N–H and O–H groups in total. The number of para-hydroxylation sites is 1. The Balaban J connectivity index is 0.00000338. The van der Waals surface area contributed by atoms with Gasteiger partial charge >= 0.3 is 0 Å². The fourth-order valence-corrected chi connectivity index (χ4v) is 2.65. The fourth-order valence-electron chi connectivity index (χ4n) is 2.65. The molecule has 0 aliphatic rings. The van der Waals surface area contributed by atoms with Gasteiger partial charge in [0.1, 0.15) is 11.5 Å². The molecule has 26 heavy (non-hydrogen) atoms. The number of benzene rings is 2. The second-order valence-electron chi connectivity index (χ2n) is 7.17. The van der Waals surface area contributed by atoms with E-state index in [1.807, 2.05) is 54.6 Å². The van der Waals surface area contributed by atoms with E-state index in [-0.39, 0.29) is 29.4 Å². The van der Waals surface area contributed by atoms with Gasteiger partial charge in [0.15, 0.2) is 5.96 Å². The van der Waals surface area contributed by atoms with Crippen molar-refractivity contribution in [1.29, 1.82) is 0 Å². The van der Waals surface area contributed by atoms with E-state index in [0.717, 1.165) is 23.7 Å². The van der Waals surface area contributed by atoms with Crippen LogP contribution in [0.25, 0.3) is 0 Å². The summed E-state index contributed by atoms with van der Waals surface area (Å²) in [5.74, 6) is 1.95. The van der Waals surface area contributed by atoms with Crippen molar-refractivity contribution in [2.24, 2.45) is 16.1 Å². The van der Waals surface area contributed by atoms with Gasteiger partial charge in [-0.1, -0.05) is 38.1 Å². The van der Waals surface area contributed by atoms with Gasteiger partial charge in [-0.15, -0.1) is 24.0 Å². The van der Waals surface area contributed by atoms with Crippen molar-refractivity contribution >= 4 is 35.6 Å². The van der Waals surface area contributed by atoms with Crippen LogP contribution in [0.2, 0.25) is 0 Å². The molecule has 0 unspecified atom stereocenters. The number of hydrogen-bond acceptors (Lipinski definition) is 3. The predicted octanol–water partition coefficient (Wildman–Crippen LogP) is 4.41. The van der Waals surface area contributed by atoms with E-state index < -0.39 is 0 Å². The Labute approximate surface area is 173 Å². The molecule has 2 aromatic carbocycles. The maximum absolute atomic E-state index is 6.03. The summed E-state index contributed by atoms with van der Waals surface area (Å²) >= 11 is 0. The standard InChI is InChI=1S/C20H28N4O.HI/c1-20(2,15-24(3)4)14-22-19(21)23-16-9-8-12-18(13-16)25-17-10-6-5-7-11-17;/h5-13H,14-15H2,1-4H3,(H3,21,22,23);1H. The quantitative estimate of drug-likeness (QED) is 0.359. The van der Waals surface area contributed by atoms with Crippen molar-refractivity contribution in [3.05, 3.63) is 54.6 Å². The number of ether oxygens (including phenoxy) is 1. The molecule has 0 radical (unpaired) electrons. The number of aliphatic imine (C=N–C) groups is 1. The summed E-state index contributed by atoms with van der Waals surface area (Å²) in [5, 5.41) is 3.13. The summed E-state index contributed by atoms with van der Waals surface area (Å²) in [6.07, 6.45) is 0. The average molecular weight is 468 g/mol. The van der Waals surface area contributed by atoms with E-state index in [0.29, 0.717) is 12.5 Å². The molecule has 0 heterocycles. The molecule has 0 saturated heterocycles. The maximum Gasteiger partial charge on any atom is 0.193 e. The lowest BCUT2D eigenvalue weighted by atomic mass is 9.93. The van der Waals surface area contributed by atoms with Crippen molar-refractivity contribution in [1.82, 2.24) is 4.90 Å². The Morgan fingerprint density at radius 3 is 2.38 bits per heavy atom. The highest BCUT2D eigenvalue weighted by molar-refractivity contribution is 14.0. The summed E-state index contributed by atoms with van der Waals surface area (Å²) in [6.45, 7) is 5.96. The van der Waals surface area contributed by atoms with Crippen molar-refractivity contribution in [3.63, 3.8) is 0 Å². The number of halogens is 1. The lowest BCUT2D eigenvalue weighted by Gasteiger charge is -2.26. The minimum absolute atomic E-state index is 0. The van der Waals surface area contributed by atoms with Gasteiger partial charge in [0.05, 0.1) is 0 Å². The van der Waals surface area contributed by atoms with Crippen LogP contribution in [0.4, 0.5) is 5.69 Å². The first-order chi connectivity index (χ1) is 11.8. The second-order valence-corrected chi connectivity index (χ2v) is 7.17. The van der Waals surface area contributed by atoms with E-state index in [1.54, 1.807) is 0 Å². The fraction of sp³-hybridized carbons (Fsp3) is 0.350. The Bertz CT molecular complexity index is 702. The molecule has 5 nitrogen and oxygen atoms in total. The second kappa shape index (κ2) is 10.4. The van der Waals surface area contributed by atoms with E-state index in [9.17, 15) is 0 Å². The number of anilines is 1. The molecular formula is C20H29IN4O. The van der Waals surface area contributed by atoms with Crippen LogP contribution in [-0.2, 0) is 0 Å². The van der Waals surface area contributed by atoms with Crippen LogP contribution in [0.1, 0.15) is 13.8 Å². The zero-order valence-corrected chi connectivity index (χ0v) is 18.2. The zero-order chi connectivity index (χ0) is 18.3. The smallest absolute Gasteiger partial charge is 0.193 e. The Morgan fingerprint density at radius 2 is 1.73 bits per heavy atom. The molecule has 6 heteroatoms. The number of nitrogens with one attached hydrogen (secondary N) is 1. The van der Waals surface area contributed by atoms with Gasteiger partial charge in [-0.05, 0) is 43.8 Å². The minimum Gasteiger partial charge on any atom is -0.457 e. The lowest BCUT2D eigenvalue weighted by Crippen LogP contribution is -2.32. The largest absolute Gasteiger partial charge is 0.457 e. The number of nitrogens with two attached hydrogens (primary N) is 1. The molecule has 0 spiro atoms. The van der Waals surface area contributed by atoms with Crippen LogP contribution >= 0.6 is 24.0 Å². The molecule has 0 amide bonds. The molecule has 0 atom stereocenters. The minimum atomic E-state index is 0. The zero-order valence-electron chi connectivity index (χ0n) is 15.9. The van der Waals surface area contributed by atoms with Gasteiger partial charge < -0.3 is 20.7 Å². The summed E-state index contributed by atoms with van der Waals surface area (Å²) in [6, 6.07) is 17.3. The molecule has 0 saturated carbocycles. The maximum atomic E-state index is 6.03.